The molecule has 2 atom stereocenters. The van der Waals surface area contributed by atoms with E-state index in [-0.39, 0.29) is 11.7 Å². The number of nitrogens with two attached hydrogens (primary N) is 1. The molecule has 17 heavy (non-hydrogen) atoms. The first-order chi connectivity index (χ1) is 7.94. The second kappa shape index (κ2) is 4.42. The van der Waals surface area contributed by atoms with Crippen LogP contribution in [0.1, 0.15) is 32.1 Å². The standard InChI is InChI=1S/C11H18N2O3S/c12-11-8-9(11)6-4-2-1-3-5-7-17(15,16)13-10(11)14/h4,6,9H,1-3,5,7-8,12H2,(H,13,14)/t9?,11-/m1/s1. The number of allylic oxidation sites excluding steroid dienone is 1. The molecule has 1 amide bonds. The van der Waals surface area contributed by atoms with Gasteiger partial charge in [-0.15, -0.1) is 0 Å². The van der Waals surface area contributed by atoms with Gasteiger partial charge in [0.25, 0.3) is 5.91 Å². The summed E-state index contributed by atoms with van der Waals surface area (Å²) >= 11 is 0. The fourth-order valence-electron chi connectivity index (χ4n) is 2.08. The molecule has 2 rings (SSSR count). The Bertz CT molecular complexity index is 444. The molecule has 0 radical (unpaired) electrons. The van der Waals surface area contributed by atoms with Crippen LogP contribution in [0.4, 0.5) is 0 Å². The molecule has 1 aliphatic heterocycles. The van der Waals surface area contributed by atoms with Crippen LogP contribution in [-0.4, -0.2) is 25.6 Å². The molecule has 0 aromatic heterocycles. The topological polar surface area (TPSA) is 89.3 Å². The molecule has 1 saturated carbocycles. The first-order valence-corrected chi connectivity index (χ1v) is 7.60. The maximum atomic E-state index is 11.8. The normalized spacial score (nSPS) is 37.2. The summed E-state index contributed by atoms with van der Waals surface area (Å²) in [4.78, 5) is 11.8. The smallest absolute Gasteiger partial charge is 0.254 e. The van der Waals surface area contributed by atoms with Gasteiger partial charge in [0.05, 0.1) is 5.75 Å². The molecule has 1 unspecified atom stereocenters. The van der Waals surface area contributed by atoms with Gasteiger partial charge in [0.2, 0.25) is 10.0 Å². The van der Waals surface area contributed by atoms with Gasteiger partial charge in [0.1, 0.15) is 5.54 Å². The molecule has 1 fully saturated rings. The van der Waals surface area contributed by atoms with Crippen molar-refractivity contribution in [3.05, 3.63) is 12.2 Å². The van der Waals surface area contributed by atoms with Crippen LogP contribution in [0.25, 0.3) is 0 Å². The van der Waals surface area contributed by atoms with Crippen LogP contribution in [0.5, 0.6) is 0 Å². The van der Waals surface area contributed by atoms with Crippen molar-refractivity contribution in [3.63, 3.8) is 0 Å². The Kier molecular flexibility index (Phi) is 3.27. The molecule has 3 N–H and O–H groups in total. The second-order valence-electron chi connectivity index (χ2n) is 4.88. The molecule has 96 valence electrons. The molecular formula is C11H18N2O3S. The van der Waals surface area contributed by atoms with Crippen molar-refractivity contribution in [2.45, 2.75) is 37.6 Å². The van der Waals surface area contributed by atoms with Gasteiger partial charge in [-0.25, -0.2) is 8.42 Å². The van der Waals surface area contributed by atoms with Gasteiger partial charge in [-0.2, -0.15) is 0 Å². The minimum atomic E-state index is -3.51. The molecule has 0 aromatic rings. The van der Waals surface area contributed by atoms with E-state index in [0.717, 1.165) is 19.3 Å². The Hall–Kier alpha value is -0.880. The zero-order valence-electron chi connectivity index (χ0n) is 9.69. The van der Waals surface area contributed by atoms with Crippen molar-refractivity contribution >= 4 is 15.9 Å². The van der Waals surface area contributed by atoms with Crippen LogP contribution < -0.4 is 10.5 Å². The molecule has 1 heterocycles. The summed E-state index contributed by atoms with van der Waals surface area (Å²) < 4.78 is 25.3. The van der Waals surface area contributed by atoms with Crippen molar-refractivity contribution in [3.8, 4) is 0 Å². The van der Waals surface area contributed by atoms with E-state index in [1.54, 1.807) is 0 Å². The number of carbonyl (C=O) groups excluding carboxylic acids is 1. The van der Waals surface area contributed by atoms with Crippen molar-refractivity contribution in [2.24, 2.45) is 11.7 Å². The van der Waals surface area contributed by atoms with E-state index in [1.807, 2.05) is 12.2 Å². The fraction of sp³-hybridized carbons (Fsp3) is 0.727. The van der Waals surface area contributed by atoms with Crippen LogP contribution in [0, 0.1) is 5.92 Å². The maximum Gasteiger partial charge on any atom is 0.254 e. The molecule has 0 aromatic carbocycles. The number of nitrogens with one attached hydrogen (secondary N) is 1. The summed E-state index contributed by atoms with van der Waals surface area (Å²) in [6.07, 6.45) is 7.86. The van der Waals surface area contributed by atoms with E-state index in [2.05, 4.69) is 4.72 Å². The highest BCUT2D eigenvalue weighted by molar-refractivity contribution is 7.90. The number of carbonyl (C=O) groups is 1. The maximum absolute atomic E-state index is 11.8. The summed E-state index contributed by atoms with van der Waals surface area (Å²) in [5, 5.41) is 0. The van der Waals surface area contributed by atoms with Crippen molar-refractivity contribution < 1.29 is 13.2 Å². The Morgan fingerprint density at radius 3 is 2.88 bits per heavy atom. The van der Waals surface area contributed by atoms with E-state index in [1.165, 1.54) is 0 Å². The Labute approximate surface area is 101 Å². The summed E-state index contributed by atoms with van der Waals surface area (Å²) in [5.41, 5.74) is 4.86. The molecule has 6 heteroatoms. The zero-order valence-corrected chi connectivity index (χ0v) is 10.5. The molecule has 1 aliphatic carbocycles. The third kappa shape index (κ3) is 2.87. The Morgan fingerprint density at radius 2 is 2.12 bits per heavy atom. The number of fused-ring (bicyclic) bond motifs is 1. The summed E-state index contributed by atoms with van der Waals surface area (Å²) in [6.45, 7) is 0. The lowest BCUT2D eigenvalue weighted by Crippen LogP contribution is -2.47. The van der Waals surface area contributed by atoms with E-state index in [4.69, 9.17) is 5.73 Å². The second-order valence-corrected chi connectivity index (χ2v) is 6.72. The lowest BCUT2D eigenvalue weighted by atomic mass is 10.1. The van der Waals surface area contributed by atoms with Crippen molar-refractivity contribution in [1.29, 1.82) is 0 Å². The van der Waals surface area contributed by atoms with Gasteiger partial charge in [-0.1, -0.05) is 18.6 Å². The lowest BCUT2D eigenvalue weighted by molar-refractivity contribution is -0.121. The minimum absolute atomic E-state index is 0.00318. The van der Waals surface area contributed by atoms with Gasteiger partial charge < -0.3 is 5.73 Å². The van der Waals surface area contributed by atoms with Gasteiger partial charge in [0.15, 0.2) is 0 Å². The molecular weight excluding hydrogens is 240 g/mol. The summed E-state index contributed by atoms with van der Waals surface area (Å²) in [6, 6.07) is 0. The predicted molar refractivity (Wildman–Crippen MR) is 64.6 cm³/mol. The lowest BCUT2D eigenvalue weighted by Gasteiger charge is -2.12. The first kappa shape index (κ1) is 12.6. The van der Waals surface area contributed by atoms with Crippen molar-refractivity contribution in [1.82, 2.24) is 4.72 Å². The average molecular weight is 258 g/mol. The summed E-state index contributed by atoms with van der Waals surface area (Å²) in [5.74, 6) is -0.576. The quantitative estimate of drug-likeness (QED) is 0.611. The van der Waals surface area contributed by atoms with Crippen LogP contribution in [0.3, 0.4) is 0 Å². The molecule has 0 spiro atoms. The van der Waals surface area contributed by atoms with E-state index in [9.17, 15) is 13.2 Å². The van der Waals surface area contributed by atoms with Crippen molar-refractivity contribution in [2.75, 3.05) is 5.75 Å². The zero-order chi connectivity index (χ0) is 12.5. The van der Waals surface area contributed by atoms with Gasteiger partial charge in [-0.05, 0) is 25.7 Å². The predicted octanol–water partition coefficient (Wildman–Crippen LogP) is 0.280. The molecule has 5 nitrogen and oxygen atoms in total. The number of sulfonamides is 1. The number of hydrogen-bond donors (Lipinski definition) is 2. The number of rotatable bonds is 0. The van der Waals surface area contributed by atoms with E-state index >= 15 is 0 Å². The Balaban J connectivity index is 2.13. The molecule has 0 saturated heterocycles. The number of amides is 1. The largest absolute Gasteiger partial charge is 0.317 e. The van der Waals surface area contributed by atoms with Crippen LogP contribution in [-0.2, 0) is 14.8 Å². The minimum Gasteiger partial charge on any atom is -0.317 e. The van der Waals surface area contributed by atoms with E-state index in [0.29, 0.717) is 12.8 Å². The highest BCUT2D eigenvalue weighted by Gasteiger charge is 2.56. The molecule has 2 aliphatic rings. The monoisotopic (exact) mass is 258 g/mol. The molecule has 0 bridgehead atoms. The third-order valence-corrected chi connectivity index (χ3v) is 4.70. The van der Waals surface area contributed by atoms with Gasteiger partial charge in [0, 0.05) is 5.92 Å². The SMILES string of the molecule is N[C@]12CC1C=CCCCCCS(=O)(=O)NC2=O. The third-order valence-electron chi connectivity index (χ3n) is 3.38. The number of hydrogen-bond acceptors (Lipinski definition) is 4. The van der Waals surface area contributed by atoms with Gasteiger partial charge >= 0.3 is 0 Å². The van der Waals surface area contributed by atoms with Gasteiger partial charge in [-0.3, -0.25) is 9.52 Å². The fourth-order valence-corrected chi connectivity index (χ4v) is 3.24. The Morgan fingerprint density at radius 1 is 1.35 bits per heavy atom. The average Bonchev–Trinajstić information content (AvgIpc) is 2.88. The summed E-state index contributed by atoms with van der Waals surface area (Å²) in [7, 11) is -3.51. The van der Waals surface area contributed by atoms with Crippen LogP contribution in [0.2, 0.25) is 0 Å². The van der Waals surface area contributed by atoms with Crippen LogP contribution in [0.15, 0.2) is 12.2 Å². The van der Waals surface area contributed by atoms with E-state index < -0.39 is 21.5 Å². The van der Waals surface area contributed by atoms with Crippen LogP contribution >= 0.6 is 0 Å². The highest BCUT2D eigenvalue weighted by atomic mass is 32.2. The first-order valence-electron chi connectivity index (χ1n) is 5.94. The highest BCUT2D eigenvalue weighted by Crippen LogP contribution is 2.42.